The van der Waals surface area contributed by atoms with Crippen molar-refractivity contribution < 1.29 is 8.42 Å². The van der Waals surface area contributed by atoms with E-state index in [1.165, 1.54) is 17.5 Å². The molecule has 0 fully saturated rings. The number of benzene rings is 1. The highest BCUT2D eigenvalue weighted by atomic mass is 32.2. The lowest BCUT2D eigenvalue weighted by Crippen LogP contribution is -2.32. The van der Waals surface area contributed by atoms with Gasteiger partial charge in [0.1, 0.15) is 0 Å². The summed E-state index contributed by atoms with van der Waals surface area (Å²) in [6.07, 6.45) is 3.45. The van der Waals surface area contributed by atoms with Gasteiger partial charge in [-0.25, -0.2) is 8.42 Å². The van der Waals surface area contributed by atoms with Gasteiger partial charge in [-0.1, -0.05) is 12.1 Å². The lowest BCUT2D eigenvalue weighted by atomic mass is 10.1. The molecule has 1 aliphatic carbocycles. The molecule has 0 spiro atoms. The first kappa shape index (κ1) is 17.4. The molecule has 24 heavy (non-hydrogen) atoms. The fourth-order valence-corrected chi connectivity index (χ4v) is 4.14. The van der Waals surface area contributed by atoms with Gasteiger partial charge in [0.25, 0.3) is 0 Å². The van der Waals surface area contributed by atoms with Gasteiger partial charge >= 0.3 is 0 Å². The second kappa shape index (κ2) is 6.11. The average Bonchev–Trinajstić information content (AvgIpc) is 3.09. The first-order valence-corrected chi connectivity index (χ1v) is 10.2. The lowest BCUT2D eigenvalue weighted by Gasteiger charge is -2.18. The maximum Gasteiger partial charge on any atom is 0.216 e. The Labute approximate surface area is 148 Å². The molecule has 1 aromatic carbocycles. The Morgan fingerprint density at radius 3 is 2.67 bits per heavy atom. The number of aromatic amines is 1. The molecule has 1 aromatic heterocycles. The number of nitrogens with one attached hydrogen (secondary N) is 1. The van der Waals surface area contributed by atoms with Crippen LogP contribution in [-0.4, -0.2) is 33.7 Å². The van der Waals surface area contributed by atoms with Gasteiger partial charge in [0, 0.05) is 5.56 Å². The van der Waals surface area contributed by atoms with E-state index in [0.29, 0.717) is 10.6 Å². The van der Waals surface area contributed by atoms with Crippen LogP contribution in [0.4, 0.5) is 0 Å². The summed E-state index contributed by atoms with van der Waals surface area (Å²) in [7, 11) is -3.19. The number of aromatic nitrogens is 3. The number of hydrogen-bond acceptors (Lipinski definition) is 4. The Morgan fingerprint density at radius 2 is 1.96 bits per heavy atom. The van der Waals surface area contributed by atoms with E-state index in [0.717, 1.165) is 18.4 Å². The van der Waals surface area contributed by atoms with Crippen molar-refractivity contribution >= 4 is 22.1 Å². The number of nitrogens with zero attached hydrogens (tertiary/aromatic N) is 2. The largest absolute Gasteiger partial charge is 0.279 e. The molecule has 0 saturated heterocycles. The van der Waals surface area contributed by atoms with Crippen LogP contribution in [0, 0.1) is 4.77 Å². The molecule has 0 unspecified atom stereocenters. The van der Waals surface area contributed by atoms with Crippen molar-refractivity contribution in [2.45, 2.75) is 51.3 Å². The molecule has 7 heteroatoms. The first-order valence-electron chi connectivity index (χ1n) is 8.19. The number of hydrogen-bond donors (Lipinski definition) is 1. The molecule has 0 bridgehead atoms. The molecule has 0 atom stereocenters. The van der Waals surface area contributed by atoms with Gasteiger partial charge in [0.2, 0.25) is 4.77 Å². The van der Waals surface area contributed by atoms with Gasteiger partial charge in [0.05, 0.1) is 17.0 Å². The molecule has 1 aliphatic rings. The van der Waals surface area contributed by atoms with Crippen molar-refractivity contribution in [2.24, 2.45) is 0 Å². The highest BCUT2D eigenvalue weighted by molar-refractivity contribution is 7.92. The predicted octanol–water partition coefficient (Wildman–Crippen LogP) is 3.31. The van der Waals surface area contributed by atoms with Crippen molar-refractivity contribution in [2.75, 3.05) is 5.75 Å². The number of H-pyrrole nitrogens is 1. The van der Waals surface area contributed by atoms with Gasteiger partial charge in [-0.3, -0.25) is 9.78 Å². The lowest BCUT2D eigenvalue weighted by molar-refractivity contribution is 0.547. The standard InChI is InChI=1S/C17H23N3O2S2/c1-17(2,3)24(21,22)10-9-20-16(23)18-15(19-20)14-8-7-12-5-4-6-13(12)11-14/h7-8,11H,4-6,9-10H2,1-3H3,(H,18,19,23). The molecule has 0 amide bonds. The molecular weight excluding hydrogens is 342 g/mol. The van der Waals surface area contributed by atoms with Crippen molar-refractivity contribution in [3.63, 3.8) is 0 Å². The first-order chi connectivity index (χ1) is 11.2. The van der Waals surface area contributed by atoms with Crippen LogP contribution in [0.15, 0.2) is 18.2 Å². The third-order valence-corrected chi connectivity index (χ3v) is 7.47. The predicted molar refractivity (Wildman–Crippen MR) is 98.4 cm³/mol. The molecule has 1 N–H and O–H groups in total. The van der Waals surface area contributed by atoms with Crippen LogP contribution in [0.1, 0.15) is 38.3 Å². The molecule has 0 saturated carbocycles. The van der Waals surface area contributed by atoms with Crippen LogP contribution in [0.5, 0.6) is 0 Å². The zero-order valence-corrected chi connectivity index (χ0v) is 15.9. The summed E-state index contributed by atoms with van der Waals surface area (Å²) in [6, 6.07) is 6.36. The number of fused-ring (bicyclic) bond motifs is 1. The topological polar surface area (TPSA) is 67.8 Å². The van der Waals surface area contributed by atoms with Crippen LogP contribution in [0.25, 0.3) is 11.4 Å². The molecule has 1 heterocycles. The van der Waals surface area contributed by atoms with Gasteiger partial charge < -0.3 is 0 Å². The average molecular weight is 366 g/mol. The molecule has 5 nitrogen and oxygen atoms in total. The summed E-state index contributed by atoms with van der Waals surface area (Å²) in [5.41, 5.74) is 3.78. The Kier molecular flexibility index (Phi) is 4.42. The normalized spacial score (nSPS) is 14.8. The van der Waals surface area contributed by atoms with Crippen LogP contribution < -0.4 is 0 Å². The number of rotatable bonds is 4. The van der Waals surface area contributed by atoms with Crippen molar-refractivity contribution in [1.82, 2.24) is 14.8 Å². The summed E-state index contributed by atoms with van der Waals surface area (Å²) in [6.45, 7) is 5.43. The minimum atomic E-state index is -3.19. The zero-order chi connectivity index (χ0) is 17.5. The third kappa shape index (κ3) is 3.32. The monoisotopic (exact) mass is 365 g/mol. The summed E-state index contributed by atoms with van der Waals surface area (Å²) >= 11 is 5.28. The molecule has 3 rings (SSSR count). The summed E-state index contributed by atoms with van der Waals surface area (Å²) < 4.78 is 25.8. The van der Waals surface area contributed by atoms with E-state index in [2.05, 4.69) is 22.2 Å². The minimum Gasteiger partial charge on any atom is -0.279 e. The van der Waals surface area contributed by atoms with E-state index in [-0.39, 0.29) is 12.3 Å². The third-order valence-electron chi connectivity index (χ3n) is 4.57. The van der Waals surface area contributed by atoms with Gasteiger partial charge in [-0.15, -0.1) is 0 Å². The molecular formula is C17H23N3O2S2. The highest BCUT2D eigenvalue weighted by Crippen LogP contribution is 2.26. The van der Waals surface area contributed by atoms with E-state index in [9.17, 15) is 8.42 Å². The van der Waals surface area contributed by atoms with Gasteiger partial charge in [-0.05, 0) is 69.4 Å². The Hall–Kier alpha value is -1.47. The van der Waals surface area contributed by atoms with Crippen LogP contribution in [0.2, 0.25) is 0 Å². The van der Waals surface area contributed by atoms with Crippen molar-refractivity contribution in [1.29, 1.82) is 0 Å². The quantitative estimate of drug-likeness (QED) is 0.844. The zero-order valence-electron chi connectivity index (χ0n) is 14.3. The number of aryl methyl sites for hydroxylation is 3. The van der Waals surface area contributed by atoms with Crippen molar-refractivity contribution in [3.8, 4) is 11.4 Å². The number of sulfone groups is 1. The van der Waals surface area contributed by atoms with E-state index in [1.54, 1.807) is 25.5 Å². The van der Waals surface area contributed by atoms with E-state index in [4.69, 9.17) is 12.2 Å². The smallest absolute Gasteiger partial charge is 0.216 e. The summed E-state index contributed by atoms with van der Waals surface area (Å²) in [5, 5.41) is 3.15. The second-order valence-electron chi connectivity index (χ2n) is 7.27. The highest BCUT2D eigenvalue weighted by Gasteiger charge is 2.28. The minimum absolute atomic E-state index is 0.0383. The Balaban J connectivity index is 1.82. The van der Waals surface area contributed by atoms with Crippen LogP contribution >= 0.6 is 12.2 Å². The summed E-state index contributed by atoms with van der Waals surface area (Å²) in [4.78, 5) is 4.40. The fourth-order valence-electron chi connectivity index (χ4n) is 2.87. The Bertz CT molecular complexity index is 918. The molecule has 2 aromatic rings. The second-order valence-corrected chi connectivity index (χ2v) is 10.5. The fraction of sp³-hybridized carbons (Fsp3) is 0.529. The SMILES string of the molecule is CC(C)(C)S(=O)(=O)CCn1[nH]c(-c2ccc3c(c2)CCC3)nc1=S. The Morgan fingerprint density at radius 1 is 1.25 bits per heavy atom. The molecule has 130 valence electrons. The summed E-state index contributed by atoms with van der Waals surface area (Å²) in [5.74, 6) is 0.735. The van der Waals surface area contributed by atoms with Gasteiger partial charge in [-0.2, -0.15) is 4.98 Å². The van der Waals surface area contributed by atoms with Crippen LogP contribution in [-0.2, 0) is 29.2 Å². The van der Waals surface area contributed by atoms with Crippen molar-refractivity contribution in [3.05, 3.63) is 34.1 Å². The van der Waals surface area contributed by atoms with E-state index in [1.807, 2.05) is 6.07 Å². The molecule has 0 radical (unpaired) electrons. The van der Waals surface area contributed by atoms with E-state index >= 15 is 0 Å². The molecule has 0 aliphatic heterocycles. The maximum atomic E-state index is 12.3. The maximum absolute atomic E-state index is 12.3. The van der Waals surface area contributed by atoms with Crippen LogP contribution in [0.3, 0.4) is 0 Å². The van der Waals surface area contributed by atoms with Gasteiger partial charge in [0.15, 0.2) is 15.7 Å². The van der Waals surface area contributed by atoms with E-state index < -0.39 is 14.6 Å².